The third-order valence-electron chi connectivity index (χ3n) is 5.56. The number of aromatic nitrogens is 3. The maximum atomic E-state index is 6.18. The molecule has 2 bridgehead atoms. The van der Waals surface area contributed by atoms with Gasteiger partial charge in [0, 0.05) is 47.7 Å². The van der Waals surface area contributed by atoms with Crippen LogP contribution in [0.5, 0.6) is 5.88 Å². The molecule has 128 valence electrons. The molecule has 2 unspecified atom stereocenters. The van der Waals surface area contributed by atoms with Gasteiger partial charge in [0.05, 0.1) is 5.69 Å². The molecular weight excluding hydrogens is 312 g/mol. The lowest BCUT2D eigenvalue weighted by Gasteiger charge is -2.42. The van der Waals surface area contributed by atoms with Crippen LogP contribution in [0.1, 0.15) is 19.3 Å². The molecule has 25 heavy (non-hydrogen) atoms. The van der Waals surface area contributed by atoms with Crippen LogP contribution in [0, 0.1) is 5.92 Å². The summed E-state index contributed by atoms with van der Waals surface area (Å²) >= 11 is 0. The van der Waals surface area contributed by atoms with Crippen molar-refractivity contribution in [3.8, 4) is 17.1 Å². The fraction of sp³-hybridized carbons (Fsp3) is 0.400. The van der Waals surface area contributed by atoms with E-state index in [4.69, 9.17) is 4.74 Å². The minimum absolute atomic E-state index is 0.285. The molecule has 3 atom stereocenters. The number of H-pyrrole nitrogens is 1. The van der Waals surface area contributed by atoms with Gasteiger partial charge >= 0.3 is 0 Å². The zero-order chi connectivity index (χ0) is 16.6. The number of fused-ring (bicyclic) bond motifs is 3. The maximum absolute atomic E-state index is 6.18. The molecule has 2 aromatic heterocycles. The summed E-state index contributed by atoms with van der Waals surface area (Å²) in [6.45, 7) is 3.57. The van der Waals surface area contributed by atoms with E-state index in [-0.39, 0.29) is 6.10 Å². The van der Waals surface area contributed by atoms with Gasteiger partial charge in [-0.05, 0) is 50.1 Å². The van der Waals surface area contributed by atoms with Gasteiger partial charge in [0.15, 0.2) is 0 Å². The summed E-state index contributed by atoms with van der Waals surface area (Å²) in [5.74, 6) is 1.29. The van der Waals surface area contributed by atoms with E-state index >= 15 is 0 Å². The number of benzene rings is 1. The Balaban J connectivity index is 1.32. The Hall–Kier alpha value is -2.40. The van der Waals surface area contributed by atoms with E-state index in [0.717, 1.165) is 29.7 Å². The van der Waals surface area contributed by atoms with Crippen molar-refractivity contribution < 1.29 is 4.74 Å². The number of nitrogens with zero attached hydrogens (tertiary/aromatic N) is 3. The van der Waals surface area contributed by atoms with E-state index in [1.54, 1.807) is 0 Å². The number of aromatic amines is 1. The predicted molar refractivity (Wildman–Crippen MR) is 97.5 cm³/mol. The first kappa shape index (κ1) is 14.9. The molecule has 5 rings (SSSR count). The summed E-state index contributed by atoms with van der Waals surface area (Å²) in [6, 6.07) is 12.3. The second-order valence-electron chi connectivity index (χ2n) is 7.18. The van der Waals surface area contributed by atoms with Crippen molar-refractivity contribution in [1.82, 2.24) is 20.1 Å². The molecule has 0 saturated carbocycles. The largest absolute Gasteiger partial charge is 0.473 e. The van der Waals surface area contributed by atoms with Gasteiger partial charge in [-0.25, -0.2) is 0 Å². The van der Waals surface area contributed by atoms with Gasteiger partial charge in [-0.2, -0.15) is 0 Å². The van der Waals surface area contributed by atoms with E-state index in [2.05, 4.69) is 44.3 Å². The van der Waals surface area contributed by atoms with Gasteiger partial charge in [0.25, 0.3) is 0 Å². The van der Waals surface area contributed by atoms with E-state index in [9.17, 15) is 0 Å². The molecular formula is C20H22N4O. The summed E-state index contributed by atoms with van der Waals surface area (Å²) in [4.78, 5) is 5.77. The number of piperidine rings is 2. The Morgan fingerprint density at radius 2 is 2.04 bits per heavy atom. The molecule has 5 nitrogen and oxygen atoms in total. The van der Waals surface area contributed by atoms with Crippen LogP contribution >= 0.6 is 0 Å². The molecule has 1 N–H and O–H groups in total. The van der Waals surface area contributed by atoms with Gasteiger partial charge in [-0.1, -0.05) is 6.07 Å². The van der Waals surface area contributed by atoms with Gasteiger partial charge in [0.2, 0.25) is 5.88 Å². The Bertz CT molecular complexity index is 873. The Labute approximate surface area is 147 Å². The smallest absolute Gasteiger partial charge is 0.233 e. The van der Waals surface area contributed by atoms with Gasteiger partial charge in [0.1, 0.15) is 6.10 Å². The minimum Gasteiger partial charge on any atom is -0.473 e. The van der Waals surface area contributed by atoms with Crippen LogP contribution in [0.3, 0.4) is 0 Å². The van der Waals surface area contributed by atoms with Crippen LogP contribution in [-0.2, 0) is 0 Å². The van der Waals surface area contributed by atoms with E-state index in [1.807, 2.05) is 18.3 Å². The van der Waals surface area contributed by atoms with Crippen molar-refractivity contribution in [1.29, 1.82) is 0 Å². The normalized spacial score (nSPS) is 25.8. The lowest BCUT2D eigenvalue weighted by molar-refractivity contribution is 0.0123. The highest BCUT2D eigenvalue weighted by Gasteiger charge is 2.33. The average molecular weight is 334 g/mol. The summed E-state index contributed by atoms with van der Waals surface area (Å²) in [6.07, 6.45) is 5.89. The Morgan fingerprint density at radius 1 is 1.04 bits per heavy atom. The lowest BCUT2D eigenvalue weighted by atomic mass is 9.87. The number of rotatable bonds is 3. The van der Waals surface area contributed by atoms with E-state index in [0.29, 0.717) is 11.8 Å². The molecule has 2 saturated heterocycles. The molecule has 2 aliphatic heterocycles. The molecule has 0 spiro atoms. The minimum atomic E-state index is 0.285. The highest BCUT2D eigenvalue weighted by Crippen LogP contribution is 2.30. The lowest BCUT2D eigenvalue weighted by Crippen LogP contribution is -2.49. The average Bonchev–Trinajstić information content (AvgIpc) is 3.13. The quantitative estimate of drug-likeness (QED) is 0.797. The van der Waals surface area contributed by atoms with Crippen molar-refractivity contribution in [2.24, 2.45) is 5.92 Å². The predicted octanol–water partition coefficient (Wildman–Crippen LogP) is 3.49. The summed E-state index contributed by atoms with van der Waals surface area (Å²) < 4.78 is 6.18. The van der Waals surface area contributed by atoms with Crippen LogP contribution in [0.15, 0.2) is 42.6 Å². The molecule has 3 aromatic rings. The first-order chi connectivity index (χ1) is 12.3. The van der Waals surface area contributed by atoms with Gasteiger partial charge < -0.3 is 14.6 Å². The first-order valence-corrected chi connectivity index (χ1v) is 9.15. The third kappa shape index (κ3) is 2.89. The fourth-order valence-electron chi connectivity index (χ4n) is 4.20. The zero-order valence-electron chi connectivity index (χ0n) is 14.2. The summed E-state index contributed by atoms with van der Waals surface area (Å²) in [5, 5.41) is 9.90. The Morgan fingerprint density at radius 3 is 2.96 bits per heavy atom. The van der Waals surface area contributed by atoms with Gasteiger partial charge in [-0.3, -0.25) is 0 Å². The monoisotopic (exact) mass is 334 g/mol. The highest BCUT2D eigenvalue weighted by molar-refractivity contribution is 5.84. The second-order valence-corrected chi connectivity index (χ2v) is 7.18. The summed E-state index contributed by atoms with van der Waals surface area (Å²) in [5.41, 5.74) is 3.09. The van der Waals surface area contributed by atoms with Gasteiger partial charge in [-0.15, -0.1) is 10.2 Å². The molecule has 5 heteroatoms. The van der Waals surface area contributed by atoms with Crippen LogP contribution in [-0.4, -0.2) is 45.8 Å². The fourth-order valence-corrected chi connectivity index (χ4v) is 4.20. The molecule has 0 aliphatic carbocycles. The first-order valence-electron chi connectivity index (χ1n) is 9.15. The number of nitrogens with one attached hydrogen (secondary N) is 1. The van der Waals surface area contributed by atoms with Crippen LogP contribution in [0.25, 0.3) is 22.2 Å². The molecule has 2 aliphatic rings. The Kier molecular flexibility index (Phi) is 3.67. The molecule has 4 heterocycles. The highest BCUT2D eigenvalue weighted by atomic mass is 16.5. The molecule has 0 amide bonds. The van der Waals surface area contributed by atoms with E-state index in [1.165, 1.54) is 31.3 Å². The van der Waals surface area contributed by atoms with Crippen LogP contribution in [0.4, 0.5) is 0 Å². The molecule has 1 aromatic carbocycles. The zero-order valence-corrected chi connectivity index (χ0v) is 14.2. The van der Waals surface area contributed by atoms with Crippen molar-refractivity contribution in [3.63, 3.8) is 0 Å². The van der Waals surface area contributed by atoms with E-state index < -0.39 is 0 Å². The number of hydrogen-bond donors (Lipinski definition) is 1. The second kappa shape index (κ2) is 6.15. The maximum Gasteiger partial charge on any atom is 0.233 e. The van der Waals surface area contributed by atoms with Crippen molar-refractivity contribution in [2.45, 2.75) is 25.4 Å². The van der Waals surface area contributed by atoms with Crippen molar-refractivity contribution in [2.75, 3.05) is 19.6 Å². The number of ether oxygens (including phenoxy) is 1. The van der Waals surface area contributed by atoms with Crippen molar-refractivity contribution >= 4 is 10.9 Å². The number of hydrogen-bond acceptors (Lipinski definition) is 4. The standard InChI is InChI=1S/C20H22N4O/c1-2-16-13-24(10-1)11-8-19(16)25-20-6-5-18(22-23-20)14-3-4-17-15(12-14)7-9-21-17/h3-7,9,12,16,19,21H,1-2,8,10-11,13H2/t16?,19-/m1/s1. The van der Waals surface area contributed by atoms with Crippen molar-refractivity contribution in [3.05, 3.63) is 42.6 Å². The molecule has 2 fully saturated rings. The third-order valence-corrected chi connectivity index (χ3v) is 5.56. The molecule has 0 radical (unpaired) electrons. The SMILES string of the molecule is c1cc2cc(-c3ccc(O[C@@H]4CCN5CCCC4C5)nn3)ccc2[nH]1. The van der Waals surface area contributed by atoms with Crippen LogP contribution < -0.4 is 4.74 Å². The topological polar surface area (TPSA) is 54.0 Å². The van der Waals surface area contributed by atoms with Crippen LogP contribution in [0.2, 0.25) is 0 Å². The summed E-state index contributed by atoms with van der Waals surface area (Å²) in [7, 11) is 0.